The number of rotatable bonds is 12. The lowest BCUT2D eigenvalue weighted by molar-refractivity contribution is 0.0512. The fraction of sp³-hybridized carbons (Fsp3) is 0.280. The Kier molecular flexibility index (Phi) is 10.7. The summed E-state index contributed by atoms with van der Waals surface area (Å²) in [5.41, 5.74) is 10.2. The van der Waals surface area contributed by atoms with E-state index in [4.69, 9.17) is 0 Å². The molecule has 1 saturated heterocycles. The third-order valence-electron chi connectivity index (χ3n) is 12.3. The molecule has 6 aromatic rings. The van der Waals surface area contributed by atoms with Crippen LogP contribution in [0.1, 0.15) is 57.3 Å². The molecule has 6 unspecified atom stereocenters. The summed E-state index contributed by atoms with van der Waals surface area (Å²) in [5, 5.41) is 23.5. The van der Waals surface area contributed by atoms with Gasteiger partial charge in [-0.3, -0.25) is 9.80 Å². The van der Waals surface area contributed by atoms with E-state index >= 15 is 0 Å². The van der Waals surface area contributed by atoms with Crippen LogP contribution in [0.15, 0.2) is 170 Å². The van der Waals surface area contributed by atoms with Gasteiger partial charge in [0.05, 0.1) is 24.3 Å². The maximum atomic E-state index is 11.7. The van der Waals surface area contributed by atoms with Gasteiger partial charge in [0, 0.05) is 75.6 Å². The Morgan fingerprint density at radius 1 is 0.375 bits per heavy atom. The number of aliphatic hydroxyl groups is 2. The molecule has 3 aliphatic rings. The smallest absolute Gasteiger partial charge is 0.0841 e. The molecule has 56 heavy (non-hydrogen) atoms. The SMILES string of the molecule is OC(CN1CCN(CC(O)CN2c3ccccc3C(c3ccccc3)C2c2ccccc2)CC1)CN1c2ccccc2C(c2ccccc2)C1c1ccccc1. The number of anilines is 2. The van der Waals surface area contributed by atoms with Crippen LogP contribution in [0.3, 0.4) is 0 Å². The van der Waals surface area contributed by atoms with Gasteiger partial charge < -0.3 is 20.0 Å². The molecule has 9 rings (SSSR count). The monoisotopic (exact) mass is 740 g/mol. The second kappa shape index (κ2) is 16.5. The van der Waals surface area contributed by atoms with Crippen molar-refractivity contribution in [2.75, 3.05) is 62.2 Å². The number of piperazine rings is 1. The van der Waals surface area contributed by atoms with Gasteiger partial charge in [-0.2, -0.15) is 0 Å². The third-order valence-corrected chi connectivity index (χ3v) is 12.3. The van der Waals surface area contributed by atoms with Crippen LogP contribution in [0.25, 0.3) is 0 Å². The normalized spacial score (nSPS) is 22.1. The molecule has 3 aliphatic heterocycles. The standard InChI is InChI=1S/C50H52N4O2/c55-41(35-53-45-27-15-13-25-43(45)47(37-17-5-1-6-18-37)49(53)39-21-9-3-10-22-39)33-51-29-31-52(32-30-51)34-42(56)36-54-46-28-16-14-26-44(46)48(38-19-7-2-8-20-38)50(54)40-23-11-4-12-24-40/h1-28,41-42,47-50,55-56H,29-36H2. The molecule has 0 radical (unpaired) electrons. The zero-order valence-electron chi connectivity index (χ0n) is 32.0. The van der Waals surface area contributed by atoms with Crippen molar-refractivity contribution >= 4 is 11.4 Å². The second-order valence-corrected chi connectivity index (χ2v) is 15.8. The first-order valence-corrected chi connectivity index (χ1v) is 20.3. The van der Waals surface area contributed by atoms with E-state index in [2.05, 4.69) is 189 Å². The molecule has 0 aromatic heterocycles. The highest BCUT2D eigenvalue weighted by molar-refractivity contribution is 5.67. The molecule has 6 atom stereocenters. The molecule has 1 fully saturated rings. The molecule has 6 nitrogen and oxygen atoms in total. The van der Waals surface area contributed by atoms with Crippen molar-refractivity contribution in [1.29, 1.82) is 0 Å². The summed E-state index contributed by atoms with van der Waals surface area (Å²) in [6.07, 6.45) is -1.02. The summed E-state index contributed by atoms with van der Waals surface area (Å²) >= 11 is 0. The van der Waals surface area contributed by atoms with E-state index in [0.717, 1.165) is 26.2 Å². The number of hydrogen-bond donors (Lipinski definition) is 2. The lowest BCUT2D eigenvalue weighted by atomic mass is 9.84. The highest BCUT2D eigenvalue weighted by Gasteiger charge is 2.42. The van der Waals surface area contributed by atoms with Crippen LogP contribution >= 0.6 is 0 Å². The van der Waals surface area contributed by atoms with Crippen LogP contribution < -0.4 is 9.80 Å². The first-order chi connectivity index (χ1) is 27.6. The van der Waals surface area contributed by atoms with Crippen molar-refractivity contribution < 1.29 is 10.2 Å². The van der Waals surface area contributed by atoms with Crippen LogP contribution in [0, 0.1) is 0 Å². The fourth-order valence-electron chi connectivity index (χ4n) is 9.86. The molecule has 0 amide bonds. The molecule has 2 N–H and O–H groups in total. The van der Waals surface area contributed by atoms with Gasteiger partial charge in [0.15, 0.2) is 0 Å². The molecule has 6 aromatic carbocycles. The largest absolute Gasteiger partial charge is 0.390 e. The van der Waals surface area contributed by atoms with Crippen molar-refractivity contribution in [2.24, 2.45) is 0 Å². The third kappa shape index (κ3) is 7.38. The van der Waals surface area contributed by atoms with Gasteiger partial charge in [-0.05, 0) is 45.5 Å². The van der Waals surface area contributed by atoms with Gasteiger partial charge in [0.25, 0.3) is 0 Å². The van der Waals surface area contributed by atoms with E-state index in [-0.39, 0.29) is 23.9 Å². The van der Waals surface area contributed by atoms with E-state index in [1.165, 1.54) is 44.8 Å². The number of benzene rings is 6. The predicted octanol–water partition coefficient (Wildman–Crippen LogP) is 8.11. The van der Waals surface area contributed by atoms with Gasteiger partial charge >= 0.3 is 0 Å². The summed E-state index contributed by atoms with van der Waals surface area (Å²) in [5.74, 6) is 0.358. The van der Waals surface area contributed by atoms with E-state index in [1.54, 1.807) is 0 Å². The van der Waals surface area contributed by atoms with Gasteiger partial charge in [0.1, 0.15) is 0 Å². The van der Waals surface area contributed by atoms with Crippen molar-refractivity contribution in [3.8, 4) is 0 Å². The Morgan fingerprint density at radius 3 is 1.04 bits per heavy atom. The molecule has 0 aliphatic carbocycles. The maximum Gasteiger partial charge on any atom is 0.0841 e. The van der Waals surface area contributed by atoms with Crippen LogP contribution in [0.2, 0.25) is 0 Å². The molecule has 0 bridgehead atoms. The van der Waals surface area contributed by atoms with Gasteiger partial charge in [-0.25, -0.2) is 0 Å². The summed E-state index contributed by atoms with van der Waals surface area (Å²) in [6.45, 7) is 5.82. The topological polar surface area (TPSA) is 53.4 Å². The lowest BCUT2D eigenvalue weighted by Crippen LogP contribution is -2.52. The molecule has 0 saturated carbocycles. The second-order valence-electron chi connectivity index (χ2n) is 15.8. The number of fused-ring (bicyclic) bond motifs is 2. The van der Waals surface area contributed by atoms with Gasteiger partial charge in [-0.15, -0.1) is 0 Å². The fourth-order valence-corrected chi connectivity index (χ4v) is 9.86. The quantitative estimate of drug-likeness (QED) is 0.132. The predicted molar refractivity (Wildman–Crippen MR) is 227 cm³/mol. The van der Waals surface area contributed by atoms with Crippen molar-refractivity contribution in [1.82, 2.24) is 9.80 Å². The van der Waals surface area contributed by atoms with Crippen molar-refractivity contribution in [2.45, 2.75) is 36.1 Å². The van der Waals surface area contributed by atoms with Crippen LogP contribution in [-0.4, -0.2) is 84.6 Å². The first kappa shape index (κ1) is 36.4. The molecule has 0 spiro atoms. The first-order valence-electron chi connectivity index (χ1n) is 20.3. The average Bonchev–Trinajstić information content (AvgIpc) is 3.75. The van der Waals surface area contributed by atoms with Gasteiger partial charge in [0.2, 0.25) is 0 Å². The van der Waals surface area contributed by atoms with Gasteiger partial charge in [-0.1, -0.05) is 158 Å². The van der Waals surface area contributed by atoms with E-state index in [9.17, 15) is 10.2 Å². The minimum absolute atomic E-state index is 0.0935. The minimum Gasteiger partial charge on any atom is -0.390 e. The molecule has 284 valence electrons. The Bertz CT molecular complexity index is 2000. The minimum atomic E-state index is -0.511. The summed E-state index contributed by atoms with van der Waals surface area (Å²) in [6, 6.07) is 60.8. The lowest BCUT2D eigenvalue weighted by Gasteiger charge is -2.39. The molecular weight excluding hydrogens is 689 g/mol. The zero-order chi connectivity index (χ0) is 37.8. The number of β-amino-alcohol motifs (C(OH)–C–C–N with tert-alkyl or cyclic N) is 2. The van der Waals surface area contributed by atoms with Crippen LogP contribution in [-0.2, 0) is 0 Å². The molecular formula is C50H52N4O2. The highest BCUT2D eigenvalue weighted by Crippen LogP contribution is 2.53. The van der Waals surface area contributed by atoms with Crippen LogP contribution in [0.4, 0.5) is 11.4 Å². The summed E-state index contributed by atoms with van der Waals surface area (Å²) in [4.78, 5) is 9.69. The van der Waals surface area contributed by atoms with Crippen LogP contribution in [0.5, 0.6) is 0 Å². The Morgan fingerprint density at radius 2 is 0.679 bits per heavy atom. The van der Waals surface area contributed by atoms with E-state index in [1.807, 2.05) is 0 Å². The average molecular weight is 741 g/mol. The van der Waals surface area contributed by atoms with Crippen molar-refractivity contribution in [3.63, 3.8) is 0 Å². The number of para-hydroxylation sites is 2. The molecule has 6 heteroatoms. The Labute approximate surface area is 331 Å². The summed E-state index contributed by atoms with van der Waals surface area (Å²) < 4.78 is 0. The number of hydrogen-bond acceptors (Lipinski definition) is 6. The highest BCUT2D eigenvalue weighted by atomic mass is 16.3. The zero-order valence-corrected chi connectivity index (χ0v) is 32.0. The Hall–Kier alpha value is -5.24. The summed E-state index contributed by atoms with van der Waals surface area (Å²) in [7, 11) is 0. The molecule has 3 heterocycles. The maximum absolute atomic E-state index is 11.7. The van der Waals surface area contributed by atoms with E-state index in [0.29, 0.717) is 26.2 Å². The number of aliphatic hydroxyl groups excluding tert-OH is 2. The van der Waals surface area contributed by atoms with E-state index < -0.39 is 12.2 Å². The Balaban J connectivity index is 0.852. The number of nitrogens with zero attached hydrogens (tertiary/aromatic N) is 4. The van der Waals surface area contributed by atoms with Crippen molar-refractivity contribution in [3.05, 3.63) is 203 Å².